The smallest absolute Gasteiger partial charge is 0.337 e. The Labute approximate surface area is 124 Å². The van der Waals surface area contributed by atoms with Gasteiger partial charge >= 0.3 is 12.0 Å². The third-order valence-corrected chi connectivity index (χ3v) is 3.51. The van der Waals surface area contributed by atoms with Gasteiger partial charge in [-0.3, -0.25) is 0 Å². The molecule has 0 spiro atoms. The number of carbonyl (C=O) groups excluding carboxylic acids is 1. The molecule has 0 aliphatic carbocycles. The lowest BCUT2D eigenvalue weighted by molar-refractivity contribution is 0.0698. The number of benzene rings is 1. The monoisotopic (exact) mass is 342 g/mol. The Hall–Kier alpha value is -1.60. The van der Waals surface area contributed by atoms with Crippen LogP contribution in [0, 0.1) is 0 Å². The molecule has 0 aromatic heterocycles. The van der Waals surface area contributed by atoms with Crippen molar-refractivity contribution < 1.29 is 19.4 Å². The average Bonchev–Trinajstić information content (AvgIpc) is 2.41. The summed E-state index contributed by atoms with van der Waals surface area (Å²) in [6, 6.07) is 4.34. The Kier molecular flexibility index (Phi) is 4.97. The minimum absolute atomic E-state index is 0.0431. The first-order valence-electron chi connectivity index (χ1n) is 6.24. The topological polar surface area (TPSA) is 87.7 Å². The summed E-state index contributed by atoms with van der Waals surface area (Å²) in [5.41, 5.74) is 0.312. The molecule has 1 aromatic rings. The average molecular weight is 343 g/mol. The van der Waals surface area contributed by atoms with E-state index in [4.69, 9.17) is 9.84 Å². The summed E-state index contributed by atoms with van der Waals surface area (Å²) in [5, 5.41) is 14.5. The van der Waals surface area contributed by atoms with E-state index in [1.807, 2.05) is 0 Å². The van der Waals surface area contributed by atoms with Crippen molar-refractivity contribution in [1.29, 1.82) is 0 Å². The number of carbonyl (C=O) groups is 2. The Balaban J connectivity index is 2.01. The third-order valence-electron chi connectivity index (χ3n) is 3.02. The SMILES string of the molecule is O=C(Nc1ccc(Br)cc1C(=O)O)NC1CCOCC1. The van der Waals surface area contributed by atoms with E-state index in [1.54, 1.807) is 12.1 Å². The molecule has 0 saturated carbocycles. The van der Waals surface area contributed by atoms with E-state index in [2.05, 4.69) is 26.6 Å². The van der Waals surface area contributed by atoms with Gasteiger partial charge in [0.2, 0.25) is 0 Å². The van der Waals surface area contributed by atoms with Gasteiger partial charge in [0.05, 0.1) is 11.3 Å². The number of urea groups is 1. The summed E-state index contributed by atoms with van der Waals surface area (Å²) in [4.78, 5) is 23.0. The van der Waals surface area contributed by atoms with Crippen LogP contribution in [0.15, 0.2) is 22.7 Å². The van der Waals surface area contributed by atoms with Crippen LogP contribution in [0.25, 0.3) is 0 Å². The van der Waals surface area contributed by atoms with E-state index in [0.29, 0.717) is 17.7 Å². The van der Waals surface area contributed by atoms with Crippen molar-refractivity contribution >= 4 is 33.6 Å². The van der Waals surface area contributed by atoms with Crippen molar-refractivity contribution in [2.45, 2.75) is 18.9 Å². The number of amides is 2. The Bertz CT molecular complexity index is 515. The maximum Gasteiger partial charge on any atom is 0.337 e. The zero-order chi connectivity index (χ0) is 14.5. The summed E-state index contributed by atoms with van der Waals surface area (Å²) >= 11 is 3.20. The molecule has 0 bridgehead atoms. The van der Waals surface area contributed by atoms with Crippen LogP contribution in [-0.2, 0) is 4.74 Å². The number of hydrogen-bond acceptors (Lipinski definition) is 3. The highest BCUT2D eigenvalue weighted by Gasteiger charge is 2.18. The molecule has 1 aromatic carbocycles. The first kappa shape index (κ1) is 14.8. The van der Waals surface area contributed by atoms with Crippen LogP contribution in [0.4, 0.5) is 10.5 Å². The van der Waals surface area contributed by atoms with E-state index in [1.165, 1.54) is 6.07 Å². The van der Waals surface area contributed by atoms with Crippen molar-refractivity contribution in [3.8, 4) is 0 Å². The fraction of sp³-hybridized carbons (Fsp3) is 0.385. The largest absolute Gasteiger partial charge is 0.478 e. The minimum Gasteiger partial charge on any atom is -0.478 e. The summed E-state index contributed by atoms with van der Waals surface area (Å²) in [7, 11) is 0. The minimum atomic E-state index is -1.09. The van der Waals surface area contributed by atoms with Crippen LogP contribution in [0.1, 0.15) is 23.2 Å². The van der Waals surface area contributed by atoms with Crippen LogP contribution in [-0.4, -0.2) is 36.4 Å². The van der Waals surface area contributed by atoms with Crippen LogP contribution in [0.2, 0.25) is 0 Å². The molecule has 1 saturated heterocycles. The summed E-state index contributed by atoms with van der Waals surface area (Å²) in [6.07, 6.45) is 1.53. The van der Waals surface area contributed by atoms with Gasteiger partial charge in [-0.15, -0.1) is 0 Å². The van der Waals surface area contributed by atoms with Gasteiger partial charge < -0.3 is 20.5 Å². The van der Waals surface area contributed by atoms with Gasteiger partial charge in [0.1, 0.15) is 0 Å². The molecule has 1 heterocycles. The second kappa shape index (κ2) is 6.71. The number of nitrogens with one attached hydrogen (secondary N) is 2. The molecule has 7 heteroatoms. The van der Waals surface area contributed by atoms with Crippen molar-refractivity contribution in [3.63, 3.8) is 0 Å². The Morgan fingerprint density at radius 3 is 2.65 bits per heavy atom. The molecule has 20 heavy (non-hydrogen) atoms. The van der Waals surface area contributed by atoms with E-state index in [-0.39, 0.29) is 17.3 Å². The van der Waals surface area contributed by atoms with Gasteiger partial charge in [0, 0.05) is 23.7 Å². The van der Waals surface area contributed by atoms with Crippen LogP contribution < -0.4 is 10.6 Å². The molecule has 2 rings (SSSR count). The quantitative estimate of drug-likeness (QED) is 0.787. The fourth-order valence-corrected chi connectivity index (χ4v) is 2.35. The second-order valence-electron chi connectivity index (χ2n) is 4.48. The third kappa shape index (κ3) is 3.94. The molecule has 1 fully saturated rings. The van der Waals surface area contributed by atoms with Crippen LogP contribution in [0.5, 0.6) is 0 Å². The van der Waals surface area contributed by atoms with Gasteiger partial charge in [-0.05, 0) is 31.0 Å². The van der Waals surface area contributed by atoms with Gasteiger partial charge in [-0.2, -0.15) is 0 Å². The summed E-state index contributed by atoms with van der Waals surface area (Å²) < 4.78 is 5.85. The fourth-order valence-electron chi connectivity index (χ4n) is 1.99. The standard InChI is InChI=1S/C13H15BrN2O4/c14-8-1-2-11(10(7-8)12(17)18)16-13(19)15-9-3-5-20-6-4-9/h1-2,7,9H,3-6H2,(H,17,18)(H2,15,16,19). The Morgan fingerprint density at radius 2 is 2.00 bits per heavy atom. The summed E-state index contributed by atoms with van der Waals surface area (Å²) in [6.45, 7) is 1.26. The lowest BCUT2D eigenvalue weighted by Gasteiger charge is -2.23. The lowest BCUT2D eigenvalue weighted by atomic mass is 10.1. The number of carboxylic acid groups (broad SMARTS) is 1. The Morgan fingerprint density at radius 1 is 1.30 bits per heavy atom. The molecular formula is C13H15BrN2O4. The molecule has 0 radical (unpaired) electrons. The number of aromatic carboxylic acids is 1. The number of halogens is 1. The highest BCUT2D eigenvalue weighted by molar-refractivity contribution is 9.10. The molecule has 3 N–H and O–H groups in total. The number of anilines is 1. The predicted octanol–water partition coefficient (Wildman–Crippen LogP) is 2.45. The maximum atomic E-state index is 11.9. The first-order chi connectivity index (χ1) is 9.56. The predicted molar refractivity (Wildman–Crippen MR) is 77.1 cm³/mol. The van der Waals surface area contributed by atoms with Crippen molar-refractivity contribution in [2.24, 2.45) is 0 Å². The molecule has 1 aliphatic rings. The normalized spacial score (nSPS) is 15.7. The van der Waals surface area contributed by atoms with Gasteiger partial charge in [-0.1, -0.05) is 15.9 Å². The van der Waals surface area contributed by atoms with E-state index >= 15 is 0 Å². The number of carboxylic acids is 1. The van der Waals surface area contributed by atoms with Crippen LogP contribution in [0.3, 0.4) is 0 Å². The first-order valence-corrected chi connectivity index (χ1v) is 7.03. The van der Waals surface area contributed by atoms with E-state index in [0.717, 1.165) is 12.8 Å². The van der Waals surface area contributed by atoms with Gasteiger partial charge in [0.25, 0.3) is 0 Å². The van der Waals surface area contributed by atoms with Crippen molar-refractivity contribution in [2.75, 3.05) is 18.5 Å². The van der Waals surface area contributed by atoms with Gasteiger partial charge in [-0.25, -0.2) is 9.59 Å². The van der Waals surface area contributed by atoms with Gasteiger partial charge in [0.15, 0.2) is 0 Å². The number of hydrogen-bond donors (Lipinski definition) is 3. The molecule has 1 aliphatic heterocycles. The zero-order valence-corrected chi connectivity index (χ0v) is 12.3. The maximum absolute atomic E-state index is 11.9. The van der Waals surface area contributed by atoms with E-state index in [9.17, 15) is 9.59 Å². The van der Waals surface area contributed by atoms with Crippen LogP contribution >= 0.6 is 15.9 Å². The molecule has 2 amide bonds. The molecule has 0 atom stereocenters. The zero-order valence-electron chi connectivity index (χ0n) is 10.7. The highest BCUT2D eigenvalue weighted by atomic mass is 79.9. The molecule has 108 valence electrons. The van der Waals surface area contributed by atoms with Crippen molar-refractivity contribution in [1.82, 2.24) is 5.32 Å². The number of ether oxygens (including phenoxy) is 1. The van der Waals surface area contributed by atoms with E-state index < -0.39 is 12.0 Å². The molecular weight excluding hydrogens is 328 g/mol. The second-order valence-corrected chi connectivity index (χ2v) is 5.40. The number of rotatable bonds is 3. The molecule has 0 unspecified atom stereocenters. The van der Waals surface area contributed by atoms with Crippen molar-refractivity contribution in [3.05, 3.63) is 28.2 Å². The lowest BCUT2D eigenvalue weighted by Crippen LogP contribution is -2.41. The molecule has 6 nitrogen and oxygen atoms in total. The highest BCUT2D eigenvalue weighted by Crippen LogP contribution is 2.21. The summed E-state index contributed by atoms with van der Waals surface area (Å²) in [5.74, 6) is -1.09.